The molecule has 0 bridgehead atoms. The van der Waals surface area contributed by atoms with Gasteiger partial charge < -0.3 is 20.1 Å². The third-order valence-electron chi connectivity index (χ3n) is 4.20. The molecule has 1 aliphatic rings. The molecule has 1 saturated heterocycles. The number of benzene rings is 1. The Hall–Kier alpha value is -2.44. The van der Waals surface area contributed by atoms with Gasteiger partial charge in [-0.2, -0.15) is 0 Å². The minimum atomic E-state index is -0.175. The molecule has 0 spiro atoms. The Balaban J connectivity index is 1.49. The lowest BCUT2D eigenvalue weighted by atomic mass is 10.2. The van der Waals surface area contributed by atoms with E-state index in [1.165, 1.54) is 0 Å². The average molecular weight is 355 g/mol. The molecule has 1 aromatic heterocycles. The molecule has 2 aromatic rings. The first-order chi connectivity index (χ1) is 12.6. The molecule has 0 aliphatic carbocycles. The summed E-state index contributed by atoms with van der Waals surface area (Å²) in [7, 11) is 0. The largest absolute Gasteiger partial charge is 0.379 e. The summed E-state index contributed by atoms with van der Waals surface area (Å²) < 4.78 is 11.1. The van der Waals surface area contributed by atoms with Crippen molar-refractivity contribution in [1.29, 1.82) is 0 Å². The highest BCUT2D eigenvalue weighted by Crippen LogP contribution is 2.13. The molecule has 138 valence electrons. The minimum Gasteiger partial charge on any atom is -0.379 e. The van der Waals surface area contributed by atoms with Crippen LogP contribution in [-0.4, -0.2) is 42.9 Å². The Kier molecular flexibility index (Phi) is 6.20. The fraction of sp³-hybridized carbons (Fsp3) is 0.400. The number of nitrogens with zero attached hydrogens (tertiary/aromatic N) is 1. The number of ether oxygens (including phenoxy) is 2. The first kappa shape index (κ1) is 18.4. The summed E-state index contributed by atoms with van der Waals surface area (Å²) in [6, 6.07) is 11.4. The van der Waals surface area contributed by atoms with Gasteiger partial charge in [0.25, 0.3) is 5.91 Å². The first-order valence-electron chi connectivity index (χ1n) is 8.90. The van der Waals surface area contributed by atoms with Crippen LogP contribution in [0.25, 0.3) is 0 Å². The van der Waals surface area contributed by atoms with Crippen molar-refractivity contribution in [3.05, 3.63) is 53.7 Å². The molecule has 0 saturated carbocycles. The molecule has 1 fully saturated rings. The molecule has 2 N–H and O–H groups in total. The van der Waals surface area contributed by atoms with Crippen LogP contribution in [0.15, 0.2) is 42.6 Å². The lowest BCUT2D eigenvalue weighted by Crippen LogP contribution is -2.26. The third kappa shape index (κ3) is 5.28. The van der Waals surface area contributed by atoms with E-state index < -0.39 is 0 Å². The van der Waals surface area contributed by atoms with Gasteiger partial charge in [-0.1, -0.05) is 17.7 Å². The van der Waals surface area contributed by atoms with Crippen LogP contribution in [0.4, 0.5) is 11.5 Å². The highest BCUT2D eigenvalue weighted by Gasteiger charge is 2.17. The van der Waals surface area contributed by atoms with Crippen molar-refractivity contribution < 1.29 is 14.3 Å². The fourth-order valence-electron chi connectivity index (χ4n) is 2.67. The van der Waals surface area contributed by atoms with E-state index in [0.29, 0.717) is 18.8 Å². The van der Waals surface area contributed by atoms with Crippen LogP contribution >= 0.6 is 0 Å². The summed E-state index contributed by atoms with van der Waals surface area (Å²) in [5.74, 6) is 0.543. The van der Waals surface area contributed by atoms with Gasteiger partial charge in [0, 0.05) is 24.5 Å². The Bertz CT molecular complexity index is 710. The molecule has 26 heavy (non-hydrogen) atoms. The number of nitrogens with one attached hydrogen (secondary N) is 2. The monoisotopic (exact) mass is 355 g/mol. The van der Waals surface area contributed by atoms with Gasteiger partial charge in [-0.25, -0.2) is 4.98 Å². The second-order valence-electron chi connectivity index (χ2n) is 6.62. The molecular weight excluding hydrogens is 330 g/mol. The quantitative estimate of drug-likeness (QED) is 0.798. The molecule has 1 amide bonds. The summed E-state index contributed by atoms with van der Waals surface area (Å²) in [4.78, 5) is 16.6. The number of hydrogen-bond donors (Lipinski definition) is 2. The maximum Gasteiger partial charge on any atom is 0.257 e. The van der Waals surface area contributed by atoms with E-state index in [4.69, 9.17) is 9.47 Å². The second-order valence-corrected chi connectivity index (χ2v) is 6.62. The van der Waals surface area contributed by atoms with Crippen molar-refractivity contribution >= 4 is 17.4 Å². The molecular formula is C20H25N3O3. The number of rotatable bonds is 7. The predicted molar refractivity (Wildman–Crippen MR) is 102 cm³/mol. The van der Waals surface area contributed by atoms with Gasteiger partial charge in [0.1, 0.15) is 5.82 Å². The number of pyridine rings is 1. The number of anilines is 2. The van der Waals surface area contributed by atoms with E-state index in [1.807, 2.05) is 38.1 Å². The summed E-state index contributed by atoms with van der Waals surface area (Å²) in [6.45, 7) is 6.09. The average Bonchev–Trinajstić information content (AvgIpc) is 3.16. The molecule has 6 heteroatoms. The maximum absolute atomic E-state index is 12.3. The van der Waals surface area contributed by atoms with Crippen LogP contribution in [0.3, 0.4) is 0 Å². The van der Waals surface area contributed by atoms with Crippen LogP contribution in [-0.2, 0) is 9.47 Å². The SMILES string of the molecule is Cc1ccc(NC(=O)c2ccc(NC(C)COC3CCOC3)nc2)cc1. The lowest BCUT2D eigenvalue weighted by Gasteiger charge is -2.17. The molecule has 6 nitrogen and oxygen atoms in total. The van der Waals surface area contributed by atoms with E-state index in [1.54, 1.807) is 18.3 Å². The van der Waals surface area contributed by atoms with Crippen LogP contribution in [0.5, 0.6) is 0 Å². The number of aryl methyl sites for hydroxylation is 1. The van der Waals surface area contributed by atoms with Gasteiger partial charge in [0.05, 0.1) is 24.9 Å². The van der Waals surface area contributed by atoms with E-state index in [0.717, 1.165) is 30.1 Å². The van der Waals surface area contributed by atoms with Gasteiger partial charge >= 0.3 is 0 Å². The molecule has 0 radical (unpaired) electrons. The van der Waals surface area contributed by atoms with E-state index in [2.05, 4.69) is 15.6 Å². The summed E-state index contributed by atoms with van der Waals surface area (Å²) in [5.41, 5.74) is 2.44. The van der Waals surface area contributed by atoms with Gasteiger partial charge in [0.2, 0.25) is 0 Å². The van der Waals surface area contributed by atoms with Crippen LogP contribution < -0.4 is 10.6 Å². The highest BCUT2D eigenvalue weighted by molar-refractivity contribution is 6.04. The molecule has 2 atom stereocenters. The summed E-state index contributed by atoms with van der Waals surface area (Å²) in [6.07, 6.45) is 2.72. The molecule has 1 aromatic carbocycles. The highest BCUT2D eigenvalue weighted by atomic mass is 16.5. The van der Waals surface area contributed by atoms with E-state index in [9.17, 15) is 4.79 Å². The zero-order valence-electron chi connectivity index (χ0n) is 15.2. The van der Waals surface area contributed by atoms with Crippen molar-refractivity contribution in [1.82, 2.24) is 4.98 Å². The topological polar surface area (TPSA) is 72.5 Å². The van der Waals surface area contributed by atoms with Crippen LogP contribution in [0.2, 0.25) is 0 Å². The smallest absolute Gasteiger partial charge is 0.257 e. The van der Waals surface area contributed by atoms with Crippen LogP contribution in [0.1, 0.15) is 29.3 Å². The second kappa shape index (κ2) is 8.78. The molecule has 2 heterocycles. The van der Waals surface area contributed by atoms with Gasteiger partial charge in [-0.05, 0) is 44.5 Å². The first-order valence-corrected chi connectivity index (χ1v) is 8.90. The van der Waals surface area contributed by atoms with Gasteiger partial charge in [-0.3, -0.25) is 4.79 Å². The van der Waals surface area contributed by atoms with E-state index in [-0.39, 0.29) is 18.1 Å². The van der Waals surface area contributed by atoms with Crippen molar-refractivity contribution in [2.24, 2.45) is 0 Å². The molecule has 1 aliphatic heterocycles. The zero-order valence-corrected chi connectivity index (χ0v) is 15.2. The van der Waals surface area contributed by atoms with Gasteiger partial charge in [0.15, 0.2) is 0 Å². The standard InChI is InChI=1S/C20H25N3O3/c1-14-3-6-17(7-4-14)23-20(24)16-5-8-19(21-11-16)22-15(2)12-26-18-9-10-25-13-18/h3-8,11,15,18H,9-10,12-13H2,1-2H3,(H,21,22)(H,23,24). The fourth-order valence-corrected chi connectivity index (χ4v) is 2.67. The normalized spacial score (nSPS) is 17.7. The molecule has 2 unspecified atom stereocenters. The number of aromatic nitrogens is 1. The van der Waals surface area contributed by atoms with Crippen molar-refractivity contribution in [2.75, 3.05) is 30.5 Å². The Morgan fingerprint density at radius 1 is 1.31 bits per heavy atom. The summed E-state index contributed by atoms with van der Waals surface area (Å²) >= 11 is 0. The predicted octanol–water partition coefficient (Wildman–Crippen LogP) is 3.25. The van der Waals surface area contributed by atoms with Gasteiger partial charge in [-0.15, -0.1) is 0 Å². The number of carbonyl (C=O) groups excluding carboxylic acids is 1. The van der Waals surface area contributed by atoms with Crippen molar-refractivity contribution in [2.45, 2.75) is 32.4 Å². The maximum atomic E-state index is 12.3. The number of carbonyl (C=O) groups is 1. The van der Waals surface area contributed by atoms with Crippen LogP contribution in [0, 0.1) is 6.92 Å². The Labute approximate surface area is 153 Å². The Morgan fingerprint density at radius 2 is 2.12 bits per heavy atom. The van der Waals surface area contributed by atoms with E-state index >= 15 is 0 Å². The summed E-state index contributed by atoms with van der Waals surface area (Å²) in [5, 5.41) is 6.15. The Morgan fingerprint density at radius 3 is 2.77 bits per heavy atom. The number of amides is 1. The minimum absolute atomic E-state index is 0.121. The van der Waals surface area contributed by atoms with Crippen molar-refractivity contribution in [3.8, 4) is 0 Å². The lowest BCUT2D eigenvalue weighted by molar-refractivity contribution is 0.0395. The van der Waals surface area contributed by atoms with Crippen molar-refractivity contribution in [3.63, 3.8) is 0 Å². The molecule has 3 rings (SSSR count). The number of hydrogen-bond acceptors (Lipinski definition) is 5. The zero-order chi connectivity index (χ0) is 18.4. The third-order valence-corrected chi connectivity index (χ3v) is 4.20.